The number of aromatic nitrogens is 3. The third-order valence-corrected chi connectivity index (χ3v) is 3.90. The van der Waals surface area contributed by atoms with Gasteiger partial charge in [-0.2, -0.15) is 0 Å². The summed E-state index contributed by atoms with van der Waals surface area (Å²) in [6, 6.07) is 5.31. The van der Waals surface area contributed by atoms with E-state index in [2.05, 4.69) is 25.0 Å². The summed E-state index contributed by atoms with van der Waals surface area (Å²) in [7, 11) is 0. The van der Waals surface area contributed by atoms with Gasteiger partial charge in [0.1, 0.15) is 5.69 Å². The standard InChI is InChI=1S/C15H12FN5O2S/c16-7-23-14-6-19-12(4-20-14)15(22)21-11-3-9(1-2-10(11)17)13-5-18-8-24-13/h1-6,8H,7,17H2,(H,21,22). The number of ether oxygens (including phenoxy) is 1. The minimum absolute atomic E-state index is 0.000701. The Labute approximate surface area is 140 Å². The first-order chi connectivity index (χ1) is 11.7. The van der Waals surface area contributed by atoms with Gasteiger partial charge in [-0.1, -0.05) is 6.07 Å². The Morgan fingerprint density at radius 1 is 1.29 bits per heavy atom. The number of nitrogen functional groups attached to an aromatic ring is 1. The molecule has 0 aliphatic heterocycles. The lowest BCUT2D eigenvalue weighted by Crippen LogP contribution is -2.15. The van der Waals surface area contributed by atoms with Gasteiger partial charge < -0.3 is 15.8 Å². The summed E-state index contributed by atoms with van der Waals surface area (Å²) in [5.74, 6) is -0.483. The first kappa shape index (κ1) is 15.8. The molecule has 7 nitrogen and oxygen atoms in total. The Morgan fingerprint density at radius 2 is 2.17 bits per heavy atom. The van der Waals surface area contributed by atoms with Crippen LogP contribution in [0.4, 0.5) is 15.8 Å². The van der Waals surface area contributed by atoms with Crippen LogP contribution in [0, 0.1) is 0 Å². The zero-order valence-electron chi connectivity index (χ0n) is 12.3. The van der Waals surface area contributed by atoms with Crippen LogP contribution in [0.3, 0.4) is 0 Å². The molecule has 3 N–H and O–H groups in total. The summed E-state index contributed by atoms with van der Waals surface area (Å²) >= 11 is 1.48. The van der Waals surface area contributed by atoms with E-state index in [1.807, 2.05) is 6.07 Å². The summed E-state index contributed by atoms with van der Waals surface area (Å²) in [4.78, 5) is 24.9. The number of nitrogens with one attached hydrogen (secondary N) is 1. The number of benzene rings is 1. The zero-order valence-corrected chi connectivity index (χ0v) is 13.1. The summed E-state index contributed by atoms with van der Waals surface area (Å²) in [6.45, 7) is -1.01. The minimum atomic E-state index is -1.01. The van der Waals surface area contributed by atoms with E-state index < -0.39 is 12.8 Å². The monoisotopic (exact) mass is 345 g/mol. The predicted octanol–water partition coefficient (Wildman–Crippen LogP) is 2.74. The van der Waals surface area contributed by atoms with Crippen molar-refractivity contribution >= 4 is 28.6 Å². The lowest BCUT2D eigenvalue weighted by Gasteiger charge is -2.09. The Morgan fingerprint density at radius 3 is 2.83 bits per heavy atom. The van der Waals surface area contributed by atoms with E-state index in [0.717, 1.165) is 10.4 Å². The topological polar surface area (TPSA) is 103 Å². The molecule has 2 aromatic heterocycles. The number of carbonyl (C=O) groups excluding carboxylic acids is 1. The first-order valence-corrected chi connectivity index (χ1v) is 7.66. The molecule has 3 rings (SSSR count). The molecule has 0 unspecified atom stereocenters. The molecule has 0 radical (unpaired) electrons. The highest BCUT2D eigenvalue weighted by Crippen LogP contribution is 2.29. The molecule has 0 bridgehead atoms. The van der Waals surface area contributed by atoms with Crippen LogP contribution in [0.2, 0.25) is 0 Å². The van der Waals surface area contributed by atoms with E-state index in [1.165, 1.54) is 23.7 Å². The van der Waals surface area contributed by atoms with Crippen molar-refractivity contribution in [2.45, 2.75) is 0 Å². The highest BCUT2D eigenvalue weighted by Gasteiger charge is 2.12. The van der Waals surface area contributed by atoms with Crippen LogP contribution in [0.5, 0.6) is 5.88 Å². The zero-order chi connectivity index (χ0) is 16.9. The van der Waals surface area contributed by atoms with Crippen LogP contribution in [-0.2, 0) is 0 Å². The van der Waals surface area contributed by atoms with Crippen molar-refractivity contribution in [2.24, 2.45) is 0 Å². The molecule has 0 aliphatic carbocycles. The van der Waals surface area contributed by atoms with Gasteiger partial charge in [-0.05, 0) is 17.7 Å². The van der Waals surface area contributed by atoms with Gasteiger partial charge in [0, 0.05) is 6.20 Å². The maximum atomic E-state index is 12.2. The Kier molecular flexibility index (Phi) is 4.62. The van der Waals surface area contributed by atoms with E-state index in [9.17, 15) is 9.18 Å². The number of anilines is 2. The van der Waals surface area contributed by atoms with Crippen molar-refractivity contribution in [1.29, 1.82) is 0 Å². The van der Waals surface area contributed by atoms with Crippen LogP contribution in [0.15, 0.2) is 42.3 Å². The number of nitrogens with two attached hydrogens (primary N) is 1. The third kappa shape index (κ3) is 3.46. The molecule has 1 aromatic carbocycles. The molecular formula is C15H12FN5O2S. The van der Waals surface area contributed by atoms with Crippen molar-refractivity contribution in [1.82, 2.24) is 15.0 Å². The number of thiazole rings is 1. The summed E-state index contributed by atoms with van der Waals surface area (Å²) in [5, 5.41) is 2.68. The maximum absolute atomic E-state index is 12.2. The van der Waals surface area contributed by atoms with E-state index in [1.54, 1.807) is 23.8 Å². The number of halogens is 1. The average molecular weight is 345 g/mol. The molecule has 2 heterocycles. The van der Waals surface area contributed by atoms with Crippen molar-refractivity contribution in [3.63, 3.8) is 0 Å². The van der Waals surface area contributed by atoms with Crippen molar-refractivity contribution < 1.29 is 13.9 Å². The number of amides is 1. The van der Waals surface area contributed by atoms with Gasteiger partial charge in [-0.15, -0.1) is 11.3 Å². The predicted molar refractivity (Wildman–Crippen MR) is 88.6 cm³/mol. The fourth-order valence-electron chi connectivity index (χ4n) is 1.93. The Bertz CT molecular complexity index is 840. The number of nitrogens with zero attached hydrogens (tertiary/aromatic N) is 3. The normalized spacial score (nSPS) is 10.4. The van der Waals surface area contributed by atoms with Gasteiger partial charge in [-0.3, -0.25) is 9.78 Å². The van der Waals surface area contributed by atoms with E-state index in [4.69, 9.17) is 5.73 Å². The molecule has 1 amide bonds. The second kappa shape index (κ2) is 7.01. The maximum Gasteiger partial charge on any atom is 0.275 e. The van der Waals surface area contributed by atoms with Crippen molar-refractivity contribution in [2.75, 3.05) is 17.9 Å². The number of hydrogen-bond acceptors (Lipinski definition) is 7. The molecule has 0 fully saturated rings. The number of hydrogen-bond donors (Lipinski definition) is 2. The largest absolute Gasteiger partial charge is 0.445 e. The Hall–Kier alpha value is -3.07. The summed E-state index contributed by atoms with van der Waals surface area (Å²) in [6.07, 6.45) is 4.10. The van der Waals surface area contributed by atoms with Gasteiger partial charge in [-0.25, -0.2) is 14.4 Å². The molecule has 3 aromatic rings. The van der Waals surface area contributed by atoms with E-state index in [-0.39, 0.29) is 11.6 Å². The molecular weight excluding hydrogens is 333 g/mol. The highest BCUT2D eigenvalue weighted by atomic mass is 32.1. The number of alkyl halides is 1. The molecule has 122 valence electrons. The molecule has 0 aliphatic rings. The van der Waals surface area contributed by atoms with Gasteiger partial charge in [0.2, 0.25) is 12.7 Å². The van der Waals surface area contributed by atoms with Gasteiger partial charge in [0.05, 0.1) is 34.2 Å². The van der Waals surface area contributed by atoms with E-state index >= 15 is 0 Å². The minimum Gasteiger partial charge on any atom is -0.445 e. The summed E-state index contributed by atoms with van der Waals surface area (Å²) in [5.41, 5.74) is 9.45. The van der Waals surface area contributed by atoms with Crippen molar-refractivity contribution in [3.05, 3.63) is 48.0 Å². The highest BCUT2D eigenvalue weighted by molar-refractivity contribution is 7.13. The second-order valence-electron chi connectivity index (χ2n) is 4.62. The lowest BCUT2D eigenvalue weighted by atomic mass is 10.1. The quantitative estimate of drug-likeness (QED) is 0.689. The SMILES string of the molecule is Nc1ccc(-c2cncs2)cc1NC(=O)c1cnc(OCF)cn1. The van der Waals surface area contributed by atoms with Gasteiger partial charge in [0.25, 0.3) is 5.91 Å². The second-order valence-corrected chi connectivity index (χ2v) is 5.50. The van der Waals surface area contributed by atoms with E-state index in [0.29, 0.717) is 11.4 Å². The molecule has 0 spiro atoms. The molecule has 9 heteroatoms. The van der Waals surface area contributed by atoms with Gasteiger partial charge >= 0.3 is 0 Å². The molecule has 0 atom stereocenters. The first-order valence-electron chi connectivity index (χ1n) is 6.78. The fraction of sp³-hybridized carbons (Fsp3) is 0.0667. The third-order valence-electron chi connectivity index (χ3n) is 3.08. The smallest absolute Gasteiger partial charge is 0.275 e. The van der Waals surface area contributed by atoms with Crippen LogP contribution >= 0.6 is 11.3 Å². The fourth-order valence-corrected chi connectivity index (χ4v) is 2.55. The lowest BCUT2D eigenvalue weighted by molar-refractivity contribution is 0.102. The molecule has 24 heavy (non-hydrogen) atoms. The van der Waals surface area contributed by atoms with Crippen molar-refractivity contribution in [3.8, 4) is 16.3 Å². The Balaban J connectivity index is 1.79. The van der Waals surface area contributed by atoms with Gasteiger partial charge in [0.15, 0.2) is 0 Å². The number of carbonyl (C=O) groups is 1. The van der Waals surface area contributed by atoms with Crippen LogP contribution in [-0.4, -0.2) is 27.7 Å². The van der Waals surface area contributed by atoms with Crippen LogP contribution < -0.4 is 15.8 Å². The number of rotatable bonds is 5. The molecule has 0 saturated heterocycles. The van der Waals surface area contributed by atoms with Crippen LogP contribution in [0.1, 0.15) is 10.5 Å². The summed E-state index contributed by atoms with van der Waals surface area (Å²) < 4.78 is 16.6. The average Bonchev–Trinajstić information content (AvgIpc) is 3.12. The molecule has 0 saturated carbocycles. The van der Waals surface area contributed by atoms with Crippen LogP contribution in [0.25, 0.3) is 10.4 Å².